The lowest BCUT2D eigenvalue weighted by Crippen LogP contribution is -2.14. The van der Waals surface area contributed by atoms with Crippen LogP contribution >= 0.6 is 0 Å². The average Bonchev–Trinajstić information content (AvgIpc) is 2.09. The maximum atomic E-state index is 5.69. The van der Waals surface area contributed by atoms with E-state index in [1.807, 2.05) is 20.8 Å². The lowest BCUT2D eigenvalue weighted by Gasteiger charge is -2.10. The van der Waals surface area contributed by atoms with Crippen LogP contribution in [0.5, 0.6) is 0 Å². The quantitative estimate of drug-likeness (QED) is 0.463. The van der Waals surface area contributed by atoms with Gasteiger partial charge in [-0.2, -0.15) is 0 Å². The van der Waals surface area contributed by atoms with Crippen LogP contribution in [0.25, 0.3) is 0 Å². The fourth-order valence-electron chi connectivity index (χ4n) is 0.951. The number of nitrogens with two attached hydrogens (primary N) is 2. The predicted molar refractivity (Wildman–Crippen MR) is 53.1 cm³/mol. The second-order valence-corrected chi connectivity index (χ2v) is 3.24. The minimum Gasteiger partial charge on any atom is -0.383 e. The van der Waals surface area contributed by atoms with E-state index in [1.165, 1.54) is 0 Å². The highest BCUT2D eigenvalue weighted by atomic mass is 15.3. The van der Waals surface area contributed by atoms with E-state index in [9.17, 15) is 0 Å². The van der Waals surface area contributed by atoms with Crippen molar-refractivity contribution >= 4 is 11.6 Å². The molecular weight excluding hydrogens is 166 g/mol. The third-order valence-corrected chi connectivity index (χ3v) is 1.85. The largest absolute Gasteiger partial charge is 0.383 e. The van der Waals surface area contributed by atoms with Gasteiger partial charge in [0.1, 0.15) is 17.5 Å². The molecule has 0 amide bonds. The number of hydrogen-bond donors (Lipinski definition) is 3. The third-order valence-electron chi connectivity index (χ3n) is 1.85. The van der Waals surface area contributed by atoms with Crippen LogP contribution < -0.4 is 17.0 Å². The molecule has 1 heterocycles. The molecule has 0 aromatic carbocycles. The van der Waals surface area contributed by atoms with Gasteiger partial charge < -0.3 is 11.2 Å². The molecule has 0 aliphatic carbocycles. The first kappa shape index (κ1) is 9.73. The molecule has 0 fully saturated rings. The van der Waals surface area contributed by atoms with Crippen LogP contribution in [0.2, 0.25) is 0 Å². The minimum absolute atomic E-state index is 0.245. The number of nitrogens with one attached hydrogen (secondary N) is 1. The second-order valence-electron chi connectivity index (χ2n) is 3.24. The molecular formula is C8H15N5. The van der Waals surface area contributed by atoms with Gasteiger partial charge in [-0.1, -0.05) is 13.8 Å². The number of hydrazine groups is 1. The molecule has 1 aromatic heterocycles. The number of nitrogen functional groups attached to an aromatic ring is 2. The van der Waals surface area contributed by atoms with Crippen LogP contribution in [-0.4, -0.2) is 9.97 Å². The summed E-state index contributed by atoms with van der Waals surface area (Å²) in [6.45, 7) is 5.84. The first-order chi connectivity index (χ1) is 6.06. The van der Waals surface area contributed by atoms with Crippen LogP contribution in [0.3, 0.4) is 0 Å². The summed E-state index contributed by atoms with van der Waals surface area (Å²) in [5.74, 6) is 7.31. The summed E-state index contributed by atoms with van der Waals surface area (Å²) in [6.07, 6.45) is 0. The van der Waals surface area contributed by atoms with Crippen molar-refractivity contribution in [3.8, 4) is 0 Å². The Morgan fingerprint density at radius 2 is 1.92 bits per heavy atom. The summed E-state index contributed by atoms with van der Waals surface area (Å²) >= 11 is 0. The molecule has 1 aromatic rings. The molecule has 72 valence electrons. The maximum absolute atomic E-state index is 5.69. The number of hydrogen-bond acceptors (Lipinski definition) is 5. The molecule has 5 N–H and O–H groups in total. The molecule has 0 saturated carbocycles. The van der Waals surface area contributed by atoms with E-state index in [0.29, 0.717) is 17.5 Å². The van der Waals surface area contributed by atoms with Crippen LogP contribution in [0.15, 0.2) is 0 Å². The van der Waals surface area contributed by atoms with Crippen molar-refractivity contribution in [1.82, 2.24) is 9.97 Å². The standard InChI is InChI=1S/C8H15N5/c1-4(2)7-11-6(9)5(3)8(12-7)13-10/h4H,10H2,1-3H3,(H3,9,11,12,13). The molecule has 13 heavy (non-hydrogen) atoms. The van der Waals surface area contributed by atoms with E-state index < -0.39 is 0 Å². The van der Waals surface area contributed by atoms with Crippen molar-refractivity contribution in [3.05, 3.63) is 11.4 Å². The Balaban J connectivity index is 3.22. The van der Waals surface area contributed by atoms with Crippen molar-refractivity contribution in [3.63, 3.8) is 0 Å². The van der Waals surface area contributed by atoms with Crippen molar-refractivity contribution in [1.29, 1.82) is 0 Å². The van der Waals surface area contributed by atoms with E-state index in [4.69, 9.17) is 11.6 Å². The third kappa shape index (κ3) is 1.86. The topological polar surface area (TPSA) is 89.8 Å². The predicted octanol–water partition coefficient (Wildman–Crippen LogP) is 0.776. The lowest BCUT2D eigenvalue weighted by atomic mass is 10.2. The van der Waals surface area contributed by atoms with Crippen molar-refractivity contribution in [2.24, 2.45) is 5.84 Å². The van der Waals surface area contributed by atoms with Gasteiger partial charge in [0.15, 0.2) is 0 Å². The Hall–Kier alpha value is -1.36. The van der Waals surface area contributed by atoms with Crippen molar-refractivity contribution < 1.29 is 0 Å². The van der Waals surface area contributed by atoms with Gasteiger partial charge in [-0.05, 0) is 6.92 Å². The molecule has 0 unspecified atom stereocenters. The van der Waals surface area contributed by atoms with Gasteiger partial charge in [0.2, 0.25) is 0 Å². The van der Waals surface area contributed by atoms with Gasteiger partial charge in [-0.25, -0.2) is 15.8 Å². The van der Waals surface area contributed by atoms with E-state index >= 15 is 0 Å². The summed E-state index contributed by atoms with van der Waals surface area (Å²) in [5, 5.41) is 0. The van der Waals surface area contributed by atoms with E-state index in [0.717, 1.165) is 5.56 Å². The fraction of sp³-hybridized carbons (Fsp3) is 0.500. The Morgan fingerprint density at radius 3 is 2.38 bits per heavy atom. The molecule has 0 radical (unpaired) electrons. The van der Waals surface area contributed by atoms with E-state index in [1.54, 1.807) is 0 Å². The summed E-state index contributed by atoms with van der Waals surface area (Å²) in [6, 6.07) is 0. The van der Waals surface area contributed by atoms with E-state index in [-0.39, 0.29) is 5.92 Å². The number of anilines is 2. The van der Waals surface area contributed by atoms with Gasteiger partial charge in [0.05, 0.1) is 0 Å². The summed E-state index contributed by atoms with van der Waals surface area (Å²) in [4.78, 5) is 8.38. The highest BCUT2D eigenvalue weighted by Crippen LogP contribution is 2.19. The molecule has 0 saturated heterocycles. The molecule has 0 aliphatic rings. The molecule has 0 aliphatic heterocycles. The number of aromatic nitrogens is 2. The van der Waals surface area contributed by atoms with Crippen molar-refractivity contribution in [2.45, 2.75) is 26.7 Å². The fourth-order valence-corrected chi connectivity index (χ4v) is 0.951. The first-order valence-corrected chi connectivity index (χ1v) is 4.17. The van der Waals surface area contributed by atoms with Crippen molar-refractivity contribution in [2.75, 3.05) is 11.2 Å². The second kappa shape index (κ2) is 3.57. The average molecular weight is 181 g/mol. The highest BCUT2D eigenvalue weighted by Gasteiger charge is 2.09. The zero-order chi connectivity index (χ0) is 10.0. The summed E-state index contributed by atoms with van der Waals surface area (Å²) in [5.41, 5.74) is 8.97. The zero-order valence-corrected chi connectivity index (χ0v) is 8.13. The van der Waals surface area contributed by atoms with Crippen LogP contribution in [0.4, 0.5) is 11.6 Å². The normalized spacial score (nSPS) is 10.5. The molecule has 1 rings (SSSR count). The van der Waals surface area contributed by atoms with Crippen LogP contribution in [0, 0.1) is 6.92 Å². The summed E-state index contributed by atoms with van der Waals surface area (Å²) in [7, 11) is 0. The Morgan fingerprint density at radius 1 is 1.31 bits per heavy atom. The zero-order valence-electron chi connectivity index (χ0n) is 8.13. The highest BCUT2D eigenvalue weighted by molar-refractivity contribution is 5.54. The summed E-state index contributed by atoms with van der Waals surface area (Å²) < 4.78 is 0. The molecule has 0 atom stereocenters. The molecule has 5 heteroatoms. The van der Waals surface area contributed by atoms with E-state index in [2.05, 4.69) is 15.4 Å². The Kier molecular flexibility index (Phi) is 2.67. The SMILES string of the molecule is Cc1c(N)nc(C(C)C)nc1NN. The van der Waals surface area contributed by atoms with Crippen LogP contribution in [0.1, 0.15) is 31.2 Å². The van der Waals surface area contributed by atoms with Gasteiger partial charge in [0, 0.05) is 11.5 Å². The van der Waals surface area contributed by atoms with Crippen LogP contribution in [-0.2, 0) is 0 Å². The van der Waals surface area contributed by atoms with Gasteiger partial charge in [-0.15, -0.1) is 0 Å². The smallest absolute Gasteiger partial charge is 0.148 e. The minimum atomic E-state index is 0.245. The molecule has 5 nitrogen and oxygen atoms in total. The lowest BCUT2D eigenvalue weighted by molar-refractivity contribution is 0.775. The first-order valence-electron chi connectivity index (χ1n) is 4.17. The molecule has 0 spiro atoms. The van der Waals surface area contributed by atoms with Gasteiger partial charge >= 0.3 is 0 Å². The number of nitrogens with zero attached hydrogens (tertiary/aromatic N) is 2. The van der Waals surface area contributed by atoms with Gasteiger partial charge in [-0.3, -0.25) is 0 Å². The maximum Gasteiger partial charge on any atom is 0.148 e. The molecule has 0 bridgehead atoms. The Labute approximate surface area is 77.5 Å². The monoisotopic (exact) mass is 181 g/mol. The van der Waals surface area contributed by atoms with Gasteiger partial charge in [0.25, 0.3) is 0 Å². The Bertz CT molecular complexity index is 308. The number of rotatable bonds is 2.